The summed E-state index contributed by atoms with van der Waals surface area (Å²) in [6.45, 7) is 1.13. The van der Waals surface area contributed by atoms with Crippen LogP contribution in [-0.2, 0) is 9.53 Å². The largest absolute Gasteiger partial charge is 0.452 e. The van der Waals surface area contributed by atoms with Crippen molar-refractivity contribution >= 4 is 69.0 Å². The Kier molecular flexibility index (Phi) is 5.92. The summed E-state index contributed by atoms with van der Waals surface area (Å²) < 4.78 is 5.01. The molecule has 0 saturated heterocycles. The lowest BCUT2D eigenvalue weighted by Crippen LogP contribution is -2.29. The van der Waals surface area contributed by atoms with Crippen molar-refractivity contribution in [1.29, 1.82) is 0 Å². The quantitative estimate of drug-likeness (QED) is 0.427. The van der Waals surface area contributed by atoms with E-state index in [2.05, 4.69) is 15.5 Å². The van der Waals surface area contributed by atoms with Crippen LogP contribution in [0.5, 0.6) is 0 Å². The molecule has 4 rings (SSSR count). The second kappa shape index (κ2) is 8.65. The summed E-state index contributed by atoms with van der Waals surface area (Å²) in [5, 5.41) is 11.5. The van der Waals surface area contributed by atoms with Crippen molar-refractivity contribution in [1.82, 2.24) is 10.2 Å². The number of nitrogens with zero attached hydrogens (tertiary/aromatic N) is 3. The van der Waals surface area contributed by atoms with Gasteiger partial charge in [-0.15, -0.1) is 10.2 Å². The van der Waals surface area contributed by atoms with Gasteiger partial charge < -0.3 is 10.1 Å². The first-order chi connectivity index (χ1) is 15.2. The first kappa shape index (κ1) is 21.9. The van der Waals surface area contributed by atoms with Crippen LogP contribution in [0, 0.1) is 6.92 Å². The number of aromatic nitrogens is 2. The molecule has 0 fully saturated rings. The van der Waals surface area contributed by atoms with Crippen LogP contribution in [0.1, 0.15) is 36.1 Å². The van der Waals surface area contributed by atoms with Crippen molar-refractivity contribution < 1.29 is 23.9 Å². The molecule has 32 heavy (non-hydrogen) atoms. The zero-order chi connectivity index (χ0) is 23.0. The van der Waals surface area contributed by atoms with E-state index in [0.29, 0.717) is 15.7 Å². The fourth-order valence-corrected chi connectivity index (χ4v) is 3.89. The highest BCUT2D eigenvalue weighted by Crippen LogP contribution is 2.31. The topological polar surface area (TPSA) is 119 Å². The Bertz CT molecular complexity index is 1290. The van der Waals surface area contributed by atoms with Crippen molar-refractivity contribution in [3.63, 3.8) is 0 Å². The number of aryl methyl sites for hydroxylation is 1. The Labute approximate surface area is 194 Å². The minimum absolute atomic E-state index is 0.0162. The van der Waals surface area contributed by atoms with Gasteiger partial charge in [0.05, 0.1) is 26.7 Å². The Morgan fingerprint density at radius 1 is 1.03 bits per heavy atom. The third-order valence-corrected chi connectivity index (χ3v) is 5.93. The number of benzene rings is 2. The SMILES string of the molecule is Cc1nnc(N2C(=O)c3ccc(C(=O)OCC(=O)Nc4ccc(Cl)c(Cl)c4)cc3C2=O)s1. The van der Waals surface area contributed by atoms with Gasteiger partial charge in [0.1, 0.15) is 5.01 Å². The fourth-order valence-electron chi connectivity index (χ4n) is 2.90. The van der Waals surface area contributed by atoms with Crippen LogP contribution in [0.4, 0.5) is 10.8 Å². The van der Waals surface area contributed by atoms with Crippen molar-refractivity contribution in [3.05, 3.63) is 68.1 Å². The lowest BCUT2D eigenvalue weighted by Gasteiger charge is -2.08. The molecule has 0 radical (unpaired) electrons. The maximum atomic E-state index is 12.7. The van der Waals surface area contributed by atoms with Crippen LogP contribution in [-0.4, -0.2) is 40.5 Å². The number of carbonyl (C=O) groups is 4. The van der Waals surface area contributed by atoms with E-state index in [4.69, 9.17) is 27.9 Å². The van der Waals surface area contributed by atoms with Gasteiger partial charge in [-0.1, -0.05) is 34.5 Å². The number of halogens is 2. The number of nitrogens with one attached hydrogen (secondary N) is 1. The highest BCUT2D eigenvalue weighted by Gasteiger charge is 2.39. The summed E-state index contributed by atoms with van der Waals surface area (Å²) in [6, 6.07) is 8.47. The smallest absolute Gasteiger partial charge is 0.338 e. The molecule has 12 heteroatoms. The monoisotopic (exact) mass is 490 g/mol. The van der Waals surface area contributed by atoms with Gasteiger partial charge in [-0.3, -0.25) is 14.4 Å². The first-order valence-electron chi connectivity index (χ1n) is 8.99. The van der Waals surface area contributed by atoms with Crippen LogP contribution in [0.3, 0.4) is 0 Å². The first-order valence-corrected chi connectivity index (χ1v) is 10.6. The van der Waals surface area contributed by atoms with Crippen molar-refractivity contribution in [2.75, 3.05) is 16.8 Å². The average Bonchev–Trinajstić information content (AvgIpc) is 3.29. The van der Waals surface area contributed by atoms with Gasteiger partial charge in [0.2, 0.25) is 5.13 Å². The van der Waals surface area contributed by atoms with Crippen molar-refractivity contribution in [2.45, 2.75) is 6.92 Å². The maximum Gasteiger partial charge on any atom is 0.338 e. The predicted molar refractivity (Wildman–Crippen MR) is 118 cm³/mol. The zero-order valence-electron chi connectivity index (χ0n) is 16.2. The highest BCUT2D eigenvalue weighted by molar-refractivity contribution is 7.15. The second-order valence-electron chi connectivity index (χ2n) is 6.56. The Morgan fingerprint density at radius 3 is 2.47 bits per heavy atom. The molecular formula is C20H12Cl2N4O5S. The minimum Gasteiger partial charge on any atom is -0.452 e. The van der Waals surface area contributed by atoms with E-state index >= 15 is 0 Å². The third-order valence-electron chi connectivity index (χ3n) is 4.37. The van der Waals surface area contributed by atoms with E-state index in [-0.39, 0.29) is 26.8 Å². The fraction of sp³-hybridized carbons (Fsp3) is 0.100. The molecule has 0 saturated carbocycles. The Balaban J connectivity index is 1.43. The van der Waals surface area contributed by atoms with Gasteiger partial charge in [0, 0.05) is 5.69 Å². The van der Waals surface area contributed by atoms with E-state index in [1.165, 1.54) is 30.3 Å². The zero-order valence-corrected chi connectivity index (χ0v) is 18.5. The number of rotatable bonds is 5. The van der Waals surface area contributed by atoms with E-state index in [0.717, 1.165) is 16.2 Å². The number of carbonyl (C=O) groups excluding carboxylic acids is 4. The average molecular weight is 491 g/mol. The number of hydrogen-bond acceptors (Lipinski definition) is 8. The molecule has 2 heterocycles. The van der Waals surface area contributed by atoms with Gasteiger partial charge in [0.25, 0.3) is 17.7 Å². The van der Waals surface area contributed by atoms with Gasteiger partial charge >= 0.3 is 5.97 Å². The molecule has 0 bridgehead atoms. The molecule has 0 aliphatic carbocycles. The van der Waals surface area contributed by atoms with Gasteiger partial charge in [-0.25, -0.2) is 9.69 Å². The van der Waals surface area contributed by atoms with Gasteiger partial charge in [-0.2, -0.15) is 0 Å². The molecule has 1 aliphatic heterocycles. The molecule has 1 aromatic heterocycles. The van der Waals surface area contributed by atoms with Crippen LogP contribution in [0.25, 0.3) is 0 Å². The number of esters is 1. The molecule has 9 nitrogen and oxygen atoms in total. The molecule has 162 valence electrons. The summed E-state index contributed by atoms with van der Waals surface area (Å²) >= 11 is 12.8. The second-order valence-corrected chi connectivity index (χ2v) is 8.54. The van der Waals surface area contributed by atoms with Crippen LogP contribution in [0.2, 0.25) is 10.0 Å². The molecule has 0 spiro atoms. The normalized spacial score (nSPS) is 12.7. The highest BCUT2D eigenvalue weighted by atomic mass is 35.5. The number of ether oxygens (including phenoxy) is 1. The predicted octanol–water partition coefficient (Wildman–Crippen LogP) is 3.75. The summed E-state index contributed by atoms with van der Waals surface area (Å²) in [4.78, 5) is 50.6. The van der Waals surface area contributed by atoms with Gasteiger partial charge in [-0.05, 0) is 43.3 Å². The molecule has 3 aromatic rings. The Hall–Kier alpha value is -3.34. The van der Waals surface area contributed by atoms with Crippen molar-refractivity contribution in [2.24, 2.45) is 0 Å². The van der Waals surface area contributed by atoms with E-state index in [1.807, 2.05) is 0 Å². The minimum atomic E-state index is -0.831. The molecule has 0 unspecified atom stereocenters. The van der Waals surface area contributed by atoms with E-state index < -0.39 is 30.3 Å². The molecular weight excluding hydrogens is 479 g/mol. The van der Waals surface area contributed by atoms with Gasteiger partial charge in [0.15, 0.2) is 6.61 Å². The van der Waals surface area contributed by atoms with E-state index in [9.17, 15) is 19.2 Å². The molecule has 1 aliphatic rings. The summed E-state index contributed by atoms with van der Waals surface area (Å²) in [7, 11) is 0. The maximum absolute atomic E-state index is 12.7. The lowest BCUT2D eigenvalue weighted by atomic mass is 10.1. The van der Waals surface area contributed by atoms with Crippen LogP contribution >= 0.6 is 34.5 Å². The number of imide groups is 1. The van der Waals surface area contributed by atoms with Crippen LogP contribution in [0.15, 0.2) is 36.4 Å². The summed E-state index contributed by atoms with van der Waals surface area (Å²) in [5.41, 5.74) is 0.575. The van der Waals surface area contributed by atoms with Crippen LogP contribution < -0.4 is 10.2 Å². The lowest BCUT2D eigenvalue weighted by molar-refractivity contribution is -0.119. The summed E-state index contributed by atoms with van der Waals surface area (Å²) in [5.74, 6) is -2.60. The molecule has 3 amide bonds. The Morgan fingerprint density at radius 2 is 1.78 bits per heavy atom. The molecule has 1 N–H and O–H groups in total. The standard InChI is InChI=1S/C20H12Cl2N4O5S/c1-9-24-25-20(32-9)26-17(28)12-4-2-10(6-13(12)18(26)29)19(30)31-8-16(27)23-11-3-5-14(21)15(22)7-11/h2-7H,8H2,1H3,(H,23,27). The third kappa shape index (κ3) is 4.20. The van der Waals surface area contributed by atoms with Crippen molar-refractivity contribution in [3.8, 4) is 0 Å². The van der Waals surface area contributed by atoms with E-state index in [1.54, 1.807) is 13.0 Å². The number of fused-ring (bicyclic) bond motifs is 1. The molecule has 2 aromatic carbocycles. The summed E-state index contributed by atoms with van der Waals surface area (Å²) in [6.07, 6.45) is 0. The number of hydrogen-bond donors (Lipinski definition) is 1. The number of anilines is 2. The molecule has 0 atom stereocenters. The number of amides is 3.